The summed E-state index contributed by atoms with van der Waals surface area (Å²) in [5.41, 5.74) is 2.31. The Labute approximate surface area is 138 Å². The number of aromatic nitrogens is 2. The first-order valence-electron chi connectivity index (χ1n) is 7.34. The Hall–Kier alpha value is -3.28. The lowest BCUT2D eigenvalue weighted by Crippen LogP contribution is -2.14. The topological polar surface area (TPSA) is 66.9 Å². The first kappa shape index (κ1) is 15.6. The normalized spacial score (nSPS) is 10.2. The number of aryl methyl sites for hydroxylation is 1. The maximum Gasteiger partial charge on any atom is 0.258 e. The van der Waals surface area contributed by atoms with Crippen LogP contribution in [0.5, 0.6) is 0 Å². The minimum absolute atomic E-state index is 0.115. The number of hydrogen-bond donors (Lipinski definition) is 2. The molecular formula is C18H15FN4O. The molecule has 24 heavy (non-hydrogen) atoms. The molecule has 6 heteroatoms. The van der Waals surface area contributed by atoms with Crippen LogP contribution < -0.4 is 10.6 Å². The first-order chi connectivity index (χ1) is 11.6. The van der Waals surface area contributed by atoms with Crippen molar-refractivity contribution >= 4 is 23.2 Å². The van der Waals surface area contributed by atoms with E-state index in [1.807, 2.05) is 31.2 Å². The zero-order chi connectivity index (χ0) is 16.9. The molecule has 0 aliphatic carbocycles. The Balaban J connectivity index is 1.71. The SMILES string of the molecule is Cc1ccccc1Nc1ncc(C(=O)Nc2ccccc2F)cn1. The second-order valence-corrected chi connectivity index (χ2v) is 5.17. The molecule has 0 aliphatic rings. The molecule has 1 amide bonds. The van der Waals surface area contributed by atoms with Crippen molar-refractivity contribution in [1.82, 2.24) is 9.97 Å². The van der Waals surface area contributed by atoms with Gasteiger partial charge < -0.3 is 10.6 Å². The van der Waals surface area contributed by atoms with Crippen LogP contribution in [0.1, 0.15) is 15.9 Å². The summed E-state index contributed by atoms with van der Waals surface area (Å²) in [6.07, 6.45) is 2.79. The molecule has 0 radical (unpaired) electrons. The average Bonchev–Trinajstić information content (AvgIpc) is 2.59. The fraction of sp³-hybridized carbons (Fsp3) is 0.0556. The summed E-state index contributed by atoms with van der Waals surface area (Å²) in [7, 11) is 0. The third kappa shape index (κ3) is 3.55. The number of carbonyl (C=O) groups is 1. The summed E-state index contributed by atoms with van der Waals surface area (Å²) in [4.78, 5) is 20.4. The molecule has 2 N–H and O–H groups in total. The summed E-state index contributed by atoms with van der Waals surface area (Å²) in [5, 5.41) is 5.57. The van der Waals surface area contributed by atoms with E-state index >= 15 is 0 Å². The smallest absolute Gasteiger partial charge is 0.258 e. The maximum absolute atomic E-state index is 13.6. The molecule has 0 atom stereocenters. The number of nitrogens with zero attached hydrogens (tertiary/aromatic N) is 2. The summed E-state index contributed by atoms with van der Waals surface area (Å²) in [6, 6.07) is 13.7. The Morgan fingerprint density at radius 2 is 1.58 bits per heavy atom. The van der Waals surface area contributed by atoms with E-state index in [1.54, 1.807) is 12.1 Å². The Morgan fingerprint density at radius 3 is 2.25 bits per heavy atom. The summed E-state index contributed by atoms with van der Waals surface area (Å²) in [6.45, 7) is 1.97. The van der Waals surface area contributed by atoms with Crippen molar-refractivity contribution in [3.63, 3.8) is 0 Å². The molecule has 0 spiro atoms. The molecule has 3 aromatic rings. The maximum atomic E-state index is 13.6. The molecule has 1 aromatic heterocycles. The second kappa shape index (κ2) is 6.87. The predicted molar refractivity (Wildman–Crippen MR) is 90.8 cm³/mol. The third-order valence-corrected chi connectivity index (χ3v) is 3.43. The predicted octanol–water partition coefficient (Wildman–Crippen LogP) is 3.92. The van der Waals surface area contributed by atoms with Gasteiger partial charge in [0.15, 0.2) is 0 Å². The first-order valence-corrected chi connectivity index (χ1v) is 7.34. The molecule has 0 aliphatic heterocycles. The molecular weight excluding hydrogens is 307 g/mol. The lowest BCUT2D eigenvalue weighted by molar-refractivity contribution is 0.102. The zero-order valence-electron chi connectivity index (χ0n) is 13.0. The van der Waals surface area contributed by atoms with Crippen LogP contribution in [-0.2, 0) is 0 Å². The molecule has 0 saturated heterocycles. The van der Waals surface area contributed by atoms with Crippen molar-refractivity contribution in [2.24, 2.45) is 0 Å². The largest absolute Gasteiger partial charge is 0.324 e. The van der Waals surface area contributed by atoms with Crippen LogP contribution in [0.2, 0.25) is 0 Å². The van der Waals surface area contributed by atoms with Gasteiger partial charge in [0.1, 0.15) is 5.82 Å². The number of benzene rings is 2. The van der Waals surface area contributed by atoms with E-state index in [0.29, 0.717) is 5.95 Å². The van der Waals surface area contributed by atoms with Gasteiger partial charge >= 0.3 is 0 Å². The molecule has 0 fully saturated rings. The van der Waals surface area contributed by atoms with E-state index in [9.17, 15) is 9.18 Å². The lowest BCUT2D eigenvalue weighted by atomic mass is 10.2. The van der Waals surface area contributed by atoms with Gasteiger partial charge in [0.2, 0.25) is 5.95 Å². The summed E-state index contributed by atoms with van der Waals surface area (Å²) < 4.78 is 13.6. The number of rotatable bonds is 4. The van der Waals surface area contributed by atoms with E-state index in [-0.39, 0.29) is 11.3 Å². The number of para-hydroxylation sites is 2. The monoisotopic (exact) mass is 322 g/mol. The van der Waals surface area contributed by atoms with Gasteiger partial charge in [-0.1, -0.05) is 30.3 Å². The molecule has 3 rings (SSSR count). The van der Waals surface area contributed by atoms with Crippen LogP contribution >= 0.6 is 0 Å². The van der Waals surface area contributed by atoms with Gasteiger partial charge in [-0.05, 0) is 30.7 Å². The quantitative estimate of drug-likeness (QED) is 0.764. The van der Waals surface area contributed by atoms with Crippen molar-refractivity contribution in [3.05, 3.63) is 77.9 Å². The molecule has 2 aromatic carbocycles. The van der Waals surface area contributed by atoms with Crippen molar-refractivity contribution in [1.29, 1.82) is 0 Å². The third-order valence-electron chi connectivity index (χ3n) is 3.43. The fourth-order valence-electron chi connectivity index (χ4n) is 2.10. The molecule has 120 valence electrons. The minimum Gasteiger partial charge on any atom is -0.324 e. The van der Waals surface area contributed by atoms with Crippen LogP contribution in [0, 0.1) is 12.7 Å². The van der Waals surface area contributed by atoms with E-state index in [0.717, 1.165) is 11.3 Å². The van der Waals surface area contributed by atoms with E-state index in [2.05, 4.69) is 20.6 Å². The van der Waals surface area contributed by atoms with E-state index < -0.39 is 11.7 Å². The number of hydrogen-bond acceptors (Lipinski definition) is 4. The van der Waals surface area contributed by atoms with Crippen LogP contribution in [-0.4, -0.2) is 15.9 Å². The van der Waals surface area contributed by atoms with Crippen molar-refractivity contribution in [2.75, 3.05) is 10.6 Å². The van der Waals surface area contributed by atoms with Crippen LogP contribution in [0.3, 0.4) is 0 Å². The van der Waals surface area contributed by atoms with Crippen LogP contribution in [0.15, 0.2) is 60.9 Å². The van der Waals surface area contributed by atoms with Gasteiger partial charge in [0.05, 0.1) is 11.3 Å². The van der Waals surface area contributed by atoms with E-state index in [4.69, 9.17) is 0 Å². The highest BCUT2D eigenvalue weighted by Crippen LogP contribution is 2.17. The van der Waals surface area contributed by atoms with Gasteiger partial charge in [0, 0.05) is 18.1 Å². The van der Waals surface area contributed by atoms with Crippen LogP contribution in [0.25, 0.3) is 0 Å². The summed E-state index contributed by atoms with van der Waals surface area (Å²) >= 11 is 0. The molecule has 5 nitrogen and oxygen atoms in total. The van der Waals surface area contributed by atoms with Gasteiger partial charge in [-0.25, -0.2) is 14.4 Å². The number of halogens is 1. The van der Waals surface area contributed by atoms with Crippen LogP contribution in [0.4, 0.5) is 21.7 Å². The number of carbonyl (C=O) groups excluding carboxylic acids is 1. The zero-order valence-corrected chi connectivity index (χ0v) is 13.0. The summed E-state index contributed by atoms with van der Waals surface area (Å²) in [5.74, 6) is -0.584. The highest BCUT2D eigenvalue weighted by Gasteiger charge is 2.10. The Morgan fingerprint density at radius 1 is 0.958 bits per heavy atom. The number of anilines is 3. The lowest BCUT2D eigenvalue weighted by Gasteiger charge is -2.08. The average molecular weight is 322 g/mol. The second-order valence-electron chi connectivity index (χ2n) is 5.17. The Kier molecular flexibility index (Phi) is 4.47. The van der Waals surface area contributed by atoms with E-state index in [1.165, 1.54) is 24.5 Å². The van der Waals surface area contributed by atoms with Gasteiger partial charge in [-0.15, -0.1) is 0 Å². The molecule has 0 bridgehead atoms. The standard InChI is InChI=1S/C18H15FN4O/c1-12-6-2-4-8-15(12)23-18-20-10-13(11-21-18)17(24)22-16-9-5-3-7-14(16)19/h2-11H,1H3,(H,22,24)(H,20,21,23). The number of amides is 1. The highest BCUT2D eigenvalue weighted by molar-refractivity contribution is 6.03. The van der Waals surface area contributed by atoms with Crippen molar-refractivity contribution < 1.29 is 9.18 Å². The highest BCUT2D eigenvalue weighted by atomic mass is 19.1. The molecule has 0 unspecified atom stereocenters. The van der Waals surface area contributed by atoms with Gasteiger partial charge in [-0.2, -0.15) is 0 Å². The number of nitrogens with one attached hydrogen (secondary N) is 2. The fourth-order valence-corrected chi connectivity index (χ4v) is 2.10. The van der Waals surface area contributed by atoms with Crippen molar-refractivity contribution in [2.45, 2.75) is 6.92 Å². The minimum atomic E-state index is -0.496. The molecule has 0 saturated carbocycles. The molecule has 1 heterocycles. The van der Waals surface area contributed by atoms with Gasteiger partial charge in [-0.3, -0.25) is 4.79 Å². The van der Waals surface area contributed by atoms with Crippen molar-refractivity contribution in [3.8, 4) is 0 Å². The Bertz CT molecular complexity index is 865. The van der Waals surface area contributed by atoms with Gasteiger partial charge in [0.25, 0.3) is 5.91 Å².